The maximum absolute atomic E-state index is 13.8. The number of anilines is 2. The predicted molar refractivity (Wildman–Crippen MR) is 172 cm³/mol. The van der Waals surface area contributed by atoms with Crippen molar-refractivity contribution in [3.05, 3.63) is 63.5 Å². The molecule has 0 bridgehead atoms. The highest BCUT2D eigenvalue weighted by Gasteiger charge is 2.38. The molecular weight excluding hydrogens is 572 g/mol. The van der Waals surface area contributed by atoms with Crippen LogP contribution in [0.4, 0.5) is 11.5 Å². The second-order valence-electron chi connectivity index (χ2n) is 13.7. The van der Waals surface area contributed by atoms with Crippen LogP contribution in [-0.2, 0) is 37.8 Å². The minimum absolute atomic E-state index is 0.0833. The minimum Gasteiger partial charge on any atom is -0.392 e. The molecule has 2 fully saturated rings. The summed E-state index contributed by atoms with van der Waals surface area (Å²) in [6.07, 6.45) is 6.17. The van der Waals surface area contributed by atoms with Gasteiger partial charge < -0.3 is 24.3 Å². The third kappa shape index (κ3) is 5.48. The number of aromatic nitrogens is 3. The number of carbonyl (C=O) groups is 1. The van der Waals surface area contributed by atoms with Crippen LogP contribution in [0.25, 0.3) is 11.1 Å². The van der Waals surface area contributed by atoms with Gasteiger partial charge in [0.25, 0.3) is 11.5 Å². The smallest absolute Gasteiger partial charge is 0.276 e. The Hall–Kier alpha value is -3.55. The van der Waals surface area contributed by atoms with Crippen LogP contribution in [-0.4, -0.2) is 93.7 Å². The minimum atomic E-state index is -0.292. The van der Waals surface area contributed by atoms with E-state index in [1.807, 2.05) is 18.2 Å². The highest BCUT2D eigenvalue weighted by atomic mass is 16.5. The molecule has 0 aromatic carbocycles. The summed E-state index contributed by atoms with van der Waals surface area (Å²) in [6, 6.07) is 6.08. The molecule has 3 aromatic heterocycles. The van der Waals surface area contributed by atoms with Crippen LogP contribution in [0.1, 0.15) is 47.6 Å². The molecule has 2 atom stereocenters. The van der Waals surface area contributed by atoms with Crippen LogP contribution >= 0.6 is 0 Å². The third-order valence-corrected chi connectivity index (χ3v) is 9.90. The van der Waals surface area contributed by atoms with Gasteiger partial charge in [-0.15, -0.1) is 0 Å². The molecule has 45 heavy (non-hydrogen) atoms. The van der Waals surface area contributed by atoms with E-state index in [1.165, 1.54) is 11.3 Å². The predicted octanol–water partition coefficient (Wildman–Crippen LogP) is 1.81. The van der Waals surface area contributed by atoms with E-state index in [9.17, 15) is 14.7 Å². The molecule has 12 nitrogen and oxygen atoms in total. The Balaban J connectivity index is 1.14. The molecule has 0 radical (unpaired) electrons. The van der Waals surface area contributed by atoms with Gasteiger partial charge >= 0.3 is 0 Å². The number of fused-ring (bicyclic) bond motifs is 4. The first-order valence-corrected chi connectivity index (χ1v) is 16.0. The molecule has 3 aromatic rings. The second kappa shape index (κ2) is 11.7. The average molecular weight is 617 g/mol. The number of pyridine rings is 2. The first-order valence-electron chi connectivity index (χ1n) is 16.0. The zero-order valence-electron chi connectivity index (χ0n) is 26.7. The number of ether oxygens (including phenoxy) is 1. The van der Waals surface area contributed by atoms with Crippen molar-refractivity contribution in [2.75, 3.05) is 56.7 Å². The molecule has 4 aliphatic rings. The Kier molecular flexibility index (Phi) is 7.81. The van der Waals surface area contributed by atoms with Gasteiger partial charge in [0.05, 0.1) is 19.4 Å². The van der Waals surface area contributed by atoms with Gasteiger partial charge in [0.2, 0.25) is 0 Å². The number of nitrogens with zero attached hydrogens (tertiary/aromatic N) is 6. The zero-order chi connectivity index (χ0) is 31.5. The normalized spacial score (nSPS) is 22.9. The summed E-state index contributed by atoms with van der Waals surface area (Å²) in [6.45, 7) is 9.88. The second-order valence-corrected chi connectivity index (χ2v) is 13.7. The molecular formula is C33H44N8O4. The summed E-state index contributed by atoms with van der Waals surface area (Å²) in [4.78, 5) is 35.8. The van der Waals surface area contributed by atoms with E-state index in [0.29, 0.717) is 41.9 Å². The molecule has 3 aliphatic heterocycles. The fraction of sp³-hybridized carbons (Fsp3) is 0.545. The van der Waals surface area contributed by atoms with Crippen LogP contribution in [0, 0.1) is 5.41 Å². The maximum Gasteiger partial charge on any atom is 0.276 e. The molecule has 2 unspecified atom stereocenters. The van der Waals surface area contributed by atoms with E-state index in [0.717, 1.165) is 63.2 Å². The summed E-state index contributed by atoms with van der Waals surface area (Å²) in [5.41, 5.74) is 9.41. The van der Waals surface area contributed by atoms with Gasteiger partial charge in [-0.1, -0.05) is 13.8 Å². The van der Waals surface area contributed by atoms with Crippen molar-refractivity contribution in [2.45, 2.75) is 58.5 Å². The van der Waals surface area contributed by atoms with Crippen LogP contribution in [0.3, 0.4) is 0 Å². The number of nitrogens with one attached hydrogen (secondary N) is 2. The molecule has 1 aliphatic carbocycles. The maximum atomic E-state index is 13.8. The fourth-order valence-corrected chi connectivity index (χ4v) is 7.73. The number of aliphatic hydroxyl groups excluding tert-OH is 1. The number of carbonyl (C=O) groups excluding carboxylic acids is 1. The number of piperazine rings is 1. The quantitative estimate of drug-likeness (QED) is 0.348. The highest BCUT2D eigenvalue weighted by molar-refractivity contribution is 6.06. The lowest BCUT2D eigenvalue weighted by atomic mass is 9.90. The topological polar surface area (TPSA) is 120 Å². The van der Waals surface area contributed by atoms with Crippen molar-refractivity contribution >= 4 is 17.4 Å². The molecule has 12 heteroatoms. The summed E-state index contributed by atoms with van der Waals surface area (Å²) in [5, 5.41) is 16.4. The van der Waals surface area contributed by atoms with Crippen molar-refractivity contribution in [3.63, 3.8) is 0 Å². The number of methoxy groups -OCH3 is 1. The highest BCUT2D eigenvalue weighted by Crippen LogP contribution is 2.40. The number of amides is 1. The monoisotopic (exact) mass is 616 g/mol. The number of rotatable bonds is 8. The average Bonchev–Trinajstić information content (AvgIpc) is 3.67. The fourth-order valence-electron chi connectivity index (χ4n) is 7.73. The lowest BCUT2D eigenvalue weighted by Crippen LogP contribution is -2.54. The van der Waals surface area contributed by atoms with E-state index in [2.05, 4.69) is 44.0 Å². The van der Waals surface area contributed by atoms with Crippen LogP contribution < -0.4 is 21.2 Å². The number of hydrogen-bond acceptors (Lipinski definition) is 9. The van der Waals surface area contributed by atoms with Gasteiger partial charge in [-0.05, 0) is 47.6 Å². The van der Waals surface area contributed by atoms with E-state index in [1.54, 1.807) is 36.0 Å². The number of aryl methyl sites for hydroxylation is 1. The number of hydrazine groups is 1. The van der Waals surface area contributed by atoms with Gasteiger partial charge in [-0.25, -0.2) is 15.4 Å². The Morgan fingerprint density at radius 3 is 2.80 bits per heavy atom. The largest absolute Gasteiger partial charge is 0.392 e. The first kappa shape index (κ1) is 30.1. The summed E-state index contributed by atoms with van der Waals surface area (Å²) in [5.74, 6) is 0.365. The van der Waals surface area contributed by atoms with Crippen LogP contribution in [0.15, 0.2) is 35.4 Å². The van der Waals surface area contributed by atoms with Gasteiger partial charge in [-0.3, -0.25) is 19.4 Å². The van der Waals surface area contributed by atoms with Crippen molar-refractivity contribution in [2.24, 2.45) is 12.5 Å². The molecule has 1 amide bonds. The zero-order valence-corrected chi connectivity index (χ0v) is 26.7. The Labute approximate surface area is 263 Å². The van der Waals surface area contributed by atoms with Crippen LogP contribution in [0.2, 0.25) is 0 Å². The molecule has 0 saturated carbocycles. The van der Waals surface area contributed by atoms with E-state index in [4.69, 9.17) is 4.74 Å². The Morgan fingerprint density at radius 1 is 1.16 bits per heavy atom. The van der Waals surface area contributed by atoms with E-state index in [-0.39, 0.29) is 29.7 Å². The van der Waals surface area contributed by atoms with Crippen molar-refractivity contribution < 1.29 is 14.6 Å². The van der Waals surface area contributed by atoms with E-state index >= 15 is 0 Å². The lowest BCUT2D eigenvalue weighted by Gasteiger charge is -2.36. The van der Waals surface area contributed by atoms with Crippen LogP contribution in [0.5, 0.6) is 0 Å². The van der Waals surface area contributed by atoms with Crippen molar-refractivity contribution in [1.82, 2.24) is 29.5 Å². The molecule has 7 rings (SSSR count). The van der Waals surface area contributed by atoms with Gasteiger partial charge in [0, 0.05) is 95.1 Å². The van der Waals surface area contributed by atoms with E-state index < -0.39 is 0 Å². The van der Waals surface area contributed by atoms with Gasteiger partial charge in [0.1, 0.15) is 17.2 Å². The van der Waals surface area contributed by atoms with Crippen molar-refractivity contribution in [1.29, 1.82) is 0 Å². The molecule has 0 spiro atoms. The SMILES string of the molecule is COCCN1CCN2NC(Nc3cc(-c4ccnc(N5CCn6c(cc7c6CC(C)(C)C7)C5=O)c4CO)cn(C)c3=O)CC2C1. The Morgan fingerprint density at radius 2 is 2.00 bits per heavy atom. The lowest BCUT2D eigenvalue weighted by molar-refractivity contribution is 0.0542. The summed E-state index contributed by atoms with van der Waals surface area (Å²) >= 11 is 0. The summed E-state index contributed by atoms with van der Waals surface area (Å²) in [7, 11) is 3.47. The molecule has 240 valence electrons. The number of aliphatic hydroxyl groups is 1. The van der Waals surface area contributed by atoms with Gasteiger partial charge in [-0.2, -0.15) is 0 Å². The van der Waals surface area contributed by atoms with Gasteiger partial charge in [0.15, 0.2) is 0 Å². The van der Waals surface area contributed by atoms with Crippen molar-refractivity contribution in [3.8, 4) is 11.1 Å². The molecule has 6 heterocycles. The number of hydrogen-bond donors (Lipinski definition) is 3. The third-order valence-electron chi connectivity index (χ3n) is 9.90. The molecule has 3 N–H and O–H groups in total. The molecule has 2 saturated heterocycles. The summed E-state index contributed by atoms with van der Waals surface area (Å²) < 4.78 is 9.01. The standard InChI is InChI=1S/C33H44N8O4/c1-33(2)16-21-14-27-32(44)40(9-8-39(27)28(21)17-33)30-25(20-42)24(5-6-34-30)22-13-26(31(43)37(3)18-22)35-29-15-23-19-38(11-12-45-4)7-10-41(23)36-29/h5-6,13-14,18,23,29,35-36,42H,7-12,15-17,19-20H2,1-4H3. The first-order chi connectivity index (χ1) is 21.7. The Bertz CT molecular complexity index is 1680.